The Morgan fingerprint density at radius 1 is 0.903 bits per heavy atom. The van der Waals surface area contributed by atoms with Gasteiger partial charge in [-0.1, -0.05) is 24.3 Å². The van der Waals surface area contributed by atoms with Crippen molar-refractivity contribution in [3.8, 4) is 11.5 Å². The van der Waals surface area contributed by atoms with Crippen molar-refractivity contribution in [1.82, 2.24) is 0 Å². The third-order valence-electron chi connectivity index (χ3n) is 5.82. The van der Waals surface area contributed by atoms with Crippen molar-refractivity contribution in [3.63, 3.8) is 0 Å². The standard InChI is InChI=1S/C26H22N2O3/c1-16(29)28-15-22-25(17-8-10-18(30-2)11-9-17)21-14-19(31-3)12-13-20(21)26(22)27-23-6-4-5-7-24(23)28/h4-14H,15H2,1-3H3. The minimum atomic E-state index is -0.0148. The quantitative estimate of drug-likeness (QED) is 0.610. The molecule has 0 unspecified atom stereocenters. The van der Waals surface area contributed by atoms with Crippen LogP contribution in [0.25, 0.3) is 5.57 Å². The summed E-state index contributed by atoms with van der Waals surface area (Å²) in [7, 11) is 3.32. The molecule has 0 atom stereocenters. The normalized spacial score (nSPS) is 14.3. The summed E-state index contributed by atoms with van der Waals surface area (Å²) in [6, 6.07) is 21.8. The monoisotopic (exact) mass is 410 g/mol. The molecule has 0 radical (unpaired) electrons. The number of anilines is 1. The summed E-state index contributed by atoms with van der Waals surface area (Å²) in [5.41, 5.74) is 7.76. The molecule has 31 heavy (non-hydrogen) atoms. The molecule has 3 aromatic carbocycles. The summed E-state index contributed by atoms with van der Waals surface area (Å²) in [6.45, 7) is 2.05. The second kappa shape index (κ2) is 7.43. The zero-order valence-corrected chi connectivity index (χ0v) is 17.7. The van der Waals surface area contributed by atoms with Gasteiger partial charge in [-0.2, -0.15) is 0 Å². The highest BCUT2D eigenvalue weighted by Gasteiger charge is 2.33. The first-order valence-corrected chi connectivity index (χ1v) is 10.1. The summed E-state index contributed by atoms with van der Waals surface area (Å²) in [5, 5.41) is 0. The summed E-state index contributed by atoms with van der Waals surface area (Å²) < 4.78 is 10.8. The molecule has 0 aromatic heterocycles. The van der Waals surface area contributed by atoms with Gasteiger partial charge in [0.2, 0.25) is 5.91 Å². The van der Waals surface area contributed by atoms with Gasteiger partial charge in [0.25, 0.3) is 0 Å². The van der Waals surface area contributed by atoms with E-state index in [1.54, 1.807) is 26.0 Å². The van der Waals surface area contributed by atoms with Crippen molar-refractivity contribution in [2.24, 2.45) is 4.99 Å². The largest absolute Gasteiger partial charge is 0.497 e. The number of hydrogen-bond donors (Lipinski definition) is 0. The van der Waals surface area contributed by atoms with Gasteiger partial charge in [0, 0.05) is 18.1 Å². The van der Waals surface area contributed by atoms with Gasteiger partial charge in [0.15, 0.2) is 0 Å². The van der Waals surface area contributed by atoms with Crippen molar-refractivity contribution < 1.29 is 14.3 Å². The van der Waals surface area contributed by atoms with E-state index in [0.29, 0.717) is 6.54 Å². The lowest BCUT2D eigenvalue weighted by atomic mass is 9.97. The highest BCUT2D eigenvalue weighted by atomic mass is 16.5. The molecule has 1 heterocycles. The smallest absolute Gasteiger partial charge is 0.224 e. The molecule has 5 nitrogen and oxygen atoms in total. The number of hydrogen-bond acceptors (Lipinski definition) is 4. The second-order valence-corrected chi connectivity index (χ2v) is 7.55. The van der Waals surface area contributed by atoms with E-state index in [1.165, 1.54) is 0 Å². The molecule has 1 aliphatic heterocycles. The van der Waals surface area contributed by atoms with Gasteiger partial charge in [0.05, 0.1) is 37.9 Å². The lowest BCUT2D eigenvalue weighted by Crippen LogP contribution is -2.31. The van der Waals surface area contributed by atoms with Crippen molar-refractivity contribution in [2.75, 3.05) is 25.7 Å². The molecule has 0 fully saturated rings. The van der Waals surface area contributed by atoms with Crippen LogP contribution in [0.4, 0.5) is 11.4 Å². The zero-order chi connectivity index (χ0) is 21.5. The molecule has 1 amide bonds. The van der Waals surface area contributed by atoms with Gasteiger partial charge in [-0.15, -0.1) is 0 Å². The van der Waals surface area contributed by atoms with Crippen LogP contribution in [0.1, 0.15) is 23.6 Å². The van der Waals surface area contributed by atoms with Crippen LogP contribution in [0, 0.1) is 0 Å². The van der Waals surface area contributed by atoms with Gasteiger partial charge >= 0.3 is 0 Å². The number of para-hydroxylation sites is 2. The molecule has 3 aromatic rings. The van der Waals surface area contributed by atoms with Gasteiger partial charge in [-0.25, -0.2) is 4.99 Å². The lowest BCUT2D eigenvalue weighted by molar-refractivity contribution is -0.116. The average molecular weight is 410 g/mol. The number of aliphatic imine (C=N–C) groups is 1. The Hall–Kier alpha value is -3.86. The van der Waals surface area contributed by atoms with E-state index in [-0.39, 0.29) is 5.91 Å². The number of carbonyl (C=O) groups is 1. The topological polar surface area (TPSA) is 51.1 Å². The molecular formula is C26H22N2O3. The van der Waals surface area contributed by atoms with Crippen LogP contribution in [-0.4, -0.2) is 32.4 Å². The fourth-order valence-corrected chi connectivity index (χ4v) is 4.31. The third kappa shape index (κ3) is 3.10. The summed E-state index contributed by atoms with van der Waals surface area (Å²) in [4.78, 5) is 19.5. The minimum Gasteiger partial charge on any atom is -0.497 e. The molecule has 2 aliphatic rings. The maximum atomic E-state index is 12.6. The van der Waals surface area contributed by atoms with Gasteiger partial charge < -0.3 is 14.4 Å². The van der Waals surface area contributed by atoms with Crippen LogP contribution in [-0.2, 0) is 4.79 Å². The second-order valence-electron chi connectivity index (χ2n) is 7.55. The van der Waals surface area contributed by atoms with Crippen LogP contribution < -0.4 is 14.4 Å². The SMILES string of the molecule is COc1ccc(C2=C3CN(C(C)=O)c4ccccc4N=C3c3ccc(OC)cc32)cc1. The predicted molar refractivity (Wildman–Crippen MR) is 123 cm³/mol. The Kier molecular flexibility index (Phi) is 4.59. The van der Waals surface area contributed by atoms with Crippen LogP contribution >= 0.6 is 0 Å². The fourth-order valence-electron chi connectivity index (χ4n) is 4.31. The van der Waals surface area contributed by atoms with Crippen molar-refractivity contribution in [1.29, 1.82) is 0 Å². The van der Waals surface area contributed by atoms with Gasteiger partial charge in [-0.05, 0) is 59.2 Å². The van der Waals surface area contributed by atoms with E-state index in [1.807, 2.05) is 60.7 Å². The van der Waals surface area contributed by atoms with Crippen molar-refractivity contribution >= 4 is 28.6 Å². The Morgan fingerprint density at radius 2 is 1.61 bits per heavy atom. The summed E-state index contributed by atoms with van der Waals surface area (Å²) >= 11 is 0. The molecule has 0 N–H and O–H groups in total. The molecule has 154 valence electrons. The number of carbonyl (C=O) groups excluding carboxylic acids is 1. The lowest BCUT2D eigenvalue weighted by Gasteiger charge is -2.22. The summed E-state index contributed by atoms with van der Waals surface area (Å²) in [5.74, 6) is 1.57. The summed E-state index contributed by atoms with van der Waals surface area (Å²) in [6.07, 6.45) is 0. The van der Waals surface area contributed by atoms with E-state index in [2.05, 4.69) is 6.07 Å². The van der Waals surface area contributed by atoms with E-state index in [4.69, 9.17) is 14.5 Å². The van der Waals surface area contributed by atoms with Crippen LogP contribution in [0.2, 0.25) is 0 Å². The number of rotatable bonds is 3. The highest BCUT2D eigenvalue weighted by molar-refractivity contribution is 6.27. The molecule has 5 heteroatoms. The molecule has 0 saturated carbocycles. The maximum Gasteiger partial charge on any atom is 0.224 e. The molecule has 0 saturated heterocycles. The number of amides is 1. The molecular weight excluding hydrogens is 388 g/mol. The van der Waals surface area contributed by atoms with E-state index >= 15 is 0 Å². The molecule has 1 aliphatic carbocycles. The maximum absolute atomic E-state index is 12.6. The Balaban J connectivity index is 1.80. The van der Waals surface area contributed by atoms with Gasteiger partial charge in [0.1, 0.15) is 11.5 Å². The van der Waals surface area contributed by atoms with Crippen LogP contribution in [0.15, 0.2) is 77.3 Å². The molecule has 5 rings (SSSR count). The minimum absolute atomic E-state index is 0.0148. The molecule has 0 bridgehead atoms. The van der Waals surface area contributed by atoms with E-state index in [9.17, 15) is 4.79 Å². The third-order valence-corrected chi connectivity index (χ3v) is 5.82. The molecule has 0 spiro atoms. The zero-order valence-electron chi connectivity index (χ0n) is 17.7. The number of methoxy groups -OCH3 is 2. The van der Waals surface area contributed by atoms with Crippen LogP contribution in [0.5, 0.6) is 11.5 Å². The predicted octanol–water partition coefficient (Wildman–Crippen LogP) is 5.01. The number of benzene rings is 3. The van der Waals surface area contributed by atoms with E-state index < -0.39 is 0 Å². The Labute approximate surface area is 181 Å². The van der Waals surface area contributed by atoms with Crippen LogP contribution in [0.3, 0.4) is 0 Å². The first kappa shape index (κ1) is 19.1. The number of fused-ring (bicyclic) bond motifs is 4. The highest BCUT2D eigenvalue weighted by Crippen LogP contribution is 2.44. The Bertz CT molecular complexity index is 1260. The fraction of sp³-hybridized carbons (Fsp3) is 0.154. The van der Waals surface area contributed by atoms with E-state index in [0.717, 1.165) is 56.4 Å². The first-order chi connectivity index (χ1) is 15.1. The number of ether oxygens (including phenoxy) is 2. The average Bonchev–Trinajstić information content (AvgIpc) is 2.98. The van der Waals surface area contributed by atoms with Gasteiger partial charge in [-0.3, -0.25) is 4.79 Å². The van der Waals surface area contributed by atoms with Crippen molar-refractivity contribution in [3.05, 3.63) is 89.0 Å². The van der Waals surface area contributed by atoms with Crippen molar-refractivity contribution in [2.45, 2.75) is 6.92 Å². The Morgan fingerprint density at radius 3 is 2.32 bits per heavy atom. The first-order valence-electron chi connectivity index (χ1n) is 10.1. The number of nitrogens with zero attached hydrogens (tertiary/aromatic N) is 2.